The number of hydrogen-bond acceptors (Lipinski definition) is 6. The van der Waals surface area contributed by atoms with Crippen LogP contribution in [0.15, 0.2) is 36.5 Å². The molecule has 1 aliphatic carbocycles. The van der Waals surface area contributed by atoms with Gasteiger partial charge in [-0.05, 0) is 56.5 Å². The monoisotopic (exact) mass is 434 g/mol. The van der Waals surface area contributed by atoms with E-state index < -0.39 is 0 Å². The van der Waals surface area contributed by atoms with Crippen LogP contribution in [0.3, 0.4) is 0 Å². The van der Waals surface area contributed by atoms with Gasteiger partial charge in [-0.15, -0.1) is 0 Å². The molecule has 7 nitrogen and oxygen atoms in total. The molecule has 4 rings (SSSR count). The van der Waals surface area contributed by atoms with E-state index >= 15 is 0 Å². The standard InChI is InChI=1S/C19H21N5O.C6H13N/c1-3-5-15-18(21)16(12-20)17-10-11-22-24(17)19(15)23-13-6-8-14(9-7-13)25-4-2;7-6-4-2-1-3-5-6/h6-11,23H,3-5,21H2,1-2H3;6H,1-5,7H2. The van der Waals surface area contributed by atoms with Crippen molar-refractivity contribution >= 4 is 22.7 Å². The molecule has 0 unspecified atom stereocenters. The maximum Gasteiger partial charge on any atom is 0.137 e. The van der Waals surface area contributed by atoms with Gasteiger partial charge in [-0.2, -0.15) is 10.4 Å². The lowest BCUT2D eigenvalue weighted by Gasteiger charge is -2.17. The highest BCUT2D eigenvalue weighted by atomic mass is 16.5. The Hall–Kier alpha value is -3.24. The van der Waals surface area contributed by atoms with Gasteiger partial charge in [-0.1, -0.05) is 32.6 Å². The molecule has 3 aromatic rings. The molecule has 1 aromatic carbocycles. The van der Waals surface area contributed by atoms with Gasteiger partial charge < -0.3 is 21.5 Å². The van der Waals surface area contributed by atoms with E-state index in [1.807, 2.05) is 31.2 Å². The number of benzene rings is 1. The number of nitrogen functional groups attached to an aromatic ring is 1. The first-order chi connectivity index (χ1) is 15.6. The largest absolute Gasteiger partial charge is 0.494 e. The topological polar surface area (TPSA) is 114 Å². The van der Waals surface area contributed by atoms with E-state index in [-0.39, 0.29) is 0 Å². The van der Waals surface area contributed by atoms with Gasteiger partial charge in [-0.3, -0.25) is 0 Å². The fraction of sp³-hybridized carbons (Fsp3) is 0.440. The van der Waals surface area contributed by atoms with Crippen molar-refractivity contribution in [2.45, 2.75) is 64.8 Å². The molecular weight excluding hydrogens is 400 g/mol. The van der Waals surface area contributed by atoms with Crippen LogP contribution in [-0.2, 0) is 6.42 Å². The van der Waals surface area contributed by atoms with E-state index in [1.165, 1.54) is 32.1 Å². The Kier molecular flexibility index (Phi) is 8.34. The lowest BCUT2D eigenvalue weighted by molar-refractivity contribution is 0.340. The Balaban J connectivity index is 0.000000352. The van der Waals surface area contributed by atoms with E-state index in [0.29, 0.717) is 29.4 Å². The number of aromatic nitrogens is 2. The van der Waals surface area contributed by atoms with Crippen molar-refractivity contribution < 1.29 is 4.74 Å². The average Bonchev–Trinajstić information content (AvgIpc) is 3.28. The number of fused-ring (bicyclic) bond motifs is 1. The summed E-state index contributed by atoms with van der Waals surface area (Å²) in [7, 11) is 0. The molecule has 0 saturated heterocycles. The highest BCUT2D eigenvalue weighted by Crippen LogP contribution is 2.32. The van der Waals surface area contributed by atoms with Crippen LogP contribution in [-0.4, -0.2) is 22.3 Å². The highest BCUT2D eigenvalue weighted by Gasteiger charge is 2.18. The Morgan fingerprint density at radius 2 is 1.88 bits per heavy atom. The Labute approximate surface area is 190 Å². The third-order valence-electron chi connectivity index (χ3n) is 5.68. The summed E-state index contributed by atoms with van der Waals surface area (Å²) in [5, 5.41) is 17.3. The number of anilines is 3. The first-order valence-electron chi connectivity index (χ1n) is 11.5. The Morgan fingerprint density at radius 3 is 2.44 bits per heavy atom. The first-order valence-corrected chi connectivity index (χ1v) is 11.5. The molecule has 0 radical (unpaired) electrons. The van der Waals surface area contributed by atoms with Crippen LogP contribution in [0.5, 0.6) is 5.75 Å². The van der Waals surface area contributed by atoms with Gasteiger partial charge in [0.15, 0.2) is 0 Å². The molecule has 5 N–H and O–H groups in total. The minimum absolute atomic E-state index is 0.471. The highest BCUT2D eigenvalue weighted by molar-refractivity contribution is 5.81. The lowest BCUT2D eigenvalue weighted by Crippen LogP contribution is -2.22. The number of ether oxygens (including phenoxy) is 1. The van der Waals surface area contributed by atoms with Crippen LogP contribution in [0.2, 0.25) is 0 Å². The SMILES string of the molecule is CCCc1c(N)c(C#N)c2ccnn2c1Nc1ccc(OCC)cc1.NC1CCCCC1. The van der Waals surface area contributed by atoms with Gasteiger partial charge in [0.2, 0.25) is 0 Å². The second-order valence-corrected chi connectivity index (χ2v) is 8.09. The van der Waals surface area contributed by atoms with E-state index in [9.17, 15) is 5.26 Å². The molecule has 170 valence electrons. The van der Waals surface area contributed by atoms with Crippen molar-refractivity contribution in [2.75, 3.05) is 17.7 Å². The summed E-state index contributed by atoms with van der Waals surface area (Å²) in [6, 6.07) is 12.3. The van der Waals surface area contributed by atoms with Crippen LogP contribution in [0.25, 0.3) is 5.52 Å². The summed E-state index contributed by atoms with van der Waals surface area (Å²) in [6.07, 6.45) is 10.0. The number of nitrogens with zero attached hydrogens (tertiary/aromatic N) is 3. The lowest BCUT2D eigenvalue weighted by atomic mass is 9.97. The number of rotatable bonds is 6. The maximum absolute atomic E-state index is 9.48. The summed E-state index contributed by atoms with van der Waals surface area (Å²) in [5.41, 5.74) is 15.4. The van der Waals surface area contributed by atoms with Gasteiger partial charge in [0.05, 0.1) is 24.0 Å². The second-order valence-electron chi connectivity index (χ2n) is 8.09. The molecule has 1 saturated carbocycles. The zero-order chi connectivity index (χ0) is 22.9. The average molecular weight is 435 g/mol. The van der Waals surface area contributed by atoms with E-state index in [0.717, 1.165) is 35.7 Å². The van der Waals surface area contributed by atoms with Crippen molar-refractivity contribution in [3.8, 4) is 11.8 Å². The summed E-state index contributed by atoms with van der Waals surface area (Å²) in [6.45, 7) is 4.67. The fourth-order valence-electron chi connectivity index (χ4n) is 4.04. The number of nitriles is 1. The molecule has 1 aliphatic rings. The van der Waals surface area contributed by atoms with Gasteiger partial charge in [0.25, 0.3) is 0 Å². The van der Waals surface area contributed by atoms with Crippen molar-refractivity contribution in [1.29, 1.82) is 5.26 Å². The number of nitrogens with two attached hydrogens (primary N) is 2. The maximum atomic E-state index is 9.48. The Bertz CT molecular complexity index is 1040. The molecular formula is C25H34N6O. The molecule has 32 heavy (non-hydrogen) atoms. The summed E-state index contributed by atoms with van der Waals surface area (Å²) in [5.74, 6) is 1.62. The molecule has 0 spiro atoms. The van der Waals surface area contributed by atoms with Crippen LogP contribution >= 0.6 is 0 Å². The third kappa shape index (κ3) is 5.51. The van der Waals surface area contributed by atoms with Crippen molar-refractivity contribution in [3.05, 3.63) is 47.7 Å². The van der Waals surface area contributed by atoms with Crippen molar-refractivity contribution in [3.63, 3.8) is 0 Å². The minimum Gasteiger partial charge on any atom is -0.494 e. The molecule has 7 heteroatoms. The quantitative estimate of drug-likeness (QED) is 0.494. The molecule has 2 aromatic heterocycles. The number of pyridine rings is 1. The van der Waals surface area contributed by atoms with Crippen molar-refractivity contribution in [2.24, 2.45) is 5.73 Å². The van der Waals surface area contributed by atoms with Crippen LogP contribution in [0.4, 0.5) is 17.2 Å². The molecule has 0 atom stereocenters. The van der Waals surface area contributed by atoms with Gasteiger partial charge >= 0.3 is 0 Å². The zero-order valence-corrected chi connectivity index (χ0v) is 19.1. The normalized spacial score (nSPS) is 13.8. The third-order valence-corrected chi connectivity index (χ3v) is 5.68. The molecule has 0 amide bonds. The molecule has 2 heterocycles. The smallest absolute Gasteiger partial charge is 0.137 e. The summed E-state index contributed by atoms with van der Waals surface area (Å²) < 4.78 is 7.23. The van der Waals surface area contributed by atoms with Crippen molar-refractivity contribution in [1.82, 2.24) is 9.61 Å². The predicted molar refractivity (Wildman–Crippen MR) is 130 cm³/mol. The van der Waals surface area contributed by atoms with E-state index in [1.54, 1.807) is 16.8 Å². The van der Waals surface area contributed by atoms with Crippen LogP contribution in [0, 0.1) is 11.3 Å². The van der Waals surface area contributed by atoms with Gasteiger partial charge in [0.1, 0.15) is 23.2 Å². The van der Waals surface area contributed by atoms with Crippen LogP contribution < -0.4 is 21.5 Å². The van der Waals surface area contributed by atoms with Crippen LogP contribution in [0.1, 0.15) is 63.5 Å². The first kappa shape index (κ1) is 23.4. The summed E-state index contributed by atoms with van der Waals surface area (Å²) >= 11 is 0. The van der Waals surface area contributed by atoms with Gasteiger partial charge in [0, 0.05) is 17.3 Å². The summed E-state index contributed by atoms with van der Waals surface area (Å²) in [4.78, 5) is 0. The molecule has 0 bridgehead atoms. The Morgan fingerprint density at radius 1 is 1.16 bits per heavy atom. The predicted octanol–water partition coefficient (Wildman–Crippen LogP) is 5.16. The molecule has 0 aliphatic heterocycles. The van der Waals surface area contributed by atoms with Gasteiger partial charge in [-0.25, -0.2) is 4.52 Å². The minimum atomic E-state index is 0.471. The fourth-order valence-corrected chi connectivity index (χ4v) is 4.04. The second kappa shape index (κ2) is 11.4. The molecule has 1 fully saturated rings. The number of hydrogen-bond donors (Lipinski definition) is 3. The number of nitrogens with one attached hydrogen (secondary N) is 1. The van der Waals surface area contributed by atoms with E-state index in [4.69, 9.17) is 16.2 Å². The van der Waals surface area contributed by atoms with E-state index in [2.05, 4.69) is 23.4 Å². The zero-order valence-electron chi connectivity index (χ0n) is 19.1.